The average molecular weight is 425 g/mol. The zero-order valence-corrected chi connectivity index (χ0v) is 20.3. The Kier molecular flexibility index (Phi) is 6.98. The molecule has 3 aliphatic carbocycles. The minimum absolute atomic E-state index is 0.174. The van der Waals surface area contributed by atoms with Crippen molar-refractivity contribution < 1.29 is 23.4 Å². The summed E-state index contributed by atoms with van der Waals surface area (Å²) in [6.07, 6.45) is 7.58. The van der Waals surface area contributed by atoms with Gasteiger partial charge in [-0.2, -0.15) is 0 Å². The van der Waals surface area contributed by atoms with Gasteiger partial charge in [0.25, 0.3) is 0 Å². The molecule has 0 aromatic rings. The van der Waals surface area contributed by atoms with Crippen molar-refractivity contribution in [3.05, 3.63) is 11.6 Å². The zero-order chi connectivity index (χ0) is 21.4. The lowest BCUT2D eigenvalue weighted by Gasteiger charge is -2.41. The minimum Gasteiger partial charge on any atom is -0.466 e. The Morgan fingerprint density at radius 1 is 1.10 bits per heavy atom. The van der Waals surface area contributed by atoms with Crippen molar-refractivity contribution >= 4 is 14.3 Å². The van der Waals surface area contributed by atoms with E-state index in [0.717, 1.165) is 25.7 Å². The van der Waals surface area contributed by atoms with E-state index in [0.29, 0.717) is 36.6 Å². The summed E-state index contributed by atoms with van der Waals surface area (Å²) in [5.74, 6) is 1.95. The molecule has 29 heavy (non-hydrogen) atoms. The minimum atomic E-state index is -1.79. The fraction of sp³-hybridized carbons (Fsp3) is 0.870. The monoisotopic (exact) mass is 424 g/mol. The molecular weight excluding hydrogens is 384 g/mol. The molecule has 0 aromatic carbocycles. The van der Waals surface area contributed by atoms with E-state index >= 15 is 0 Å². The number of ether oxygens (including phenoxy) is 3. The van der Waals surface area contributed by atoms with E-state index in [4.69, 9.17) is 18.6 Å². The maximum Gasteiger partial charge on any atom is 0.330 e. The van der Waals surface area contributed by atoms with Gasteiger partial charge in [0.2, 0.25) is 0 Å². The fourth-order valence-electron chi connectivity index (χ4n) is 5.66. The van der Waals surface area contributed by atoms with Crippen molar-refractivity contribution in [1.82, 2.24) is 0 Å². The number of rotatable bonds is 6. The lowest BCUT2D eigenvalue weighted by Crippen LogP contribution is -2.43. The van der Waals surface area contributed by atoms with Crippen molar-refractivity contribution in [3.63, 3.8) is 0 Å². The number of hydrogen-bond donors (Lipinski definition) is 0. The molecule has 3 fully saturated rings. The molecule has 0 aromatic heterocycles. The number of fused-ring (bicyclic) bond motifs is 3. The molecule has 0 unspecified atom stereocenters. The highest BCUT2D eigenvalue weighted by molar-refractivity contribution is 6.74. The van der Waals surface area contributed by atoms with Gasteiger partial charge in [-0.3, -0.25) is 0 Å². The number of esters is 1. The van der Waals surface area contributed by atoms with Crippen LogP contribution in [0.15, 0.2) is 11.6 Å². The molecule has 0 amide bonds. The quantitative estimate of drug-likeness (QED) is 0.262. The highest BCUT2D eigenvalue weighted by Gasteiger charge is 2.54. The molecule has 6 heteroatoms. The Bertz CT molecular complexity index is 623. The van der Waals surface area contributed by atoms with Crippen LogP contribution in [0.25, 0.3) is 0 Å². The molecule has 0 saturated heterocycles. The molecule has 0 N–H and O–H groups in total. The third-order valence-electron chi connectivity index (χ3n) is 8.07. The summed E-state index contributed by atoms with van der Waals surface area (Å²) in [6.45, 7) is 12.0. The molecular formula is C23H40O5Si. The van der Waals surface area contributed by atoms with E-state index < -0.39 is 8.32 Å². The van der Waals surface area contributed by atoms with Crippen LogP contribution in [0.4, 0.5) is 0 Å². The van der Waals surface area contributed by atoms with Crippen LogP contribution >= 0.6 is 0 Å². The normalized spacial score (nSPS) is 36.2. The Hall–Kier alpha value is -0.693. The van der Waals surface area contributed by atoms with Crippen molar-refractivity contribution in [2.45, 2.75) is 83.2 Å². The van der Waals surface area contributed by atoms with Gasteiger partial charge in [0.15, 0.2) is 8.32 Å². The third kappa shape index (κ3) is 4.81. The fourth-order valence-corrected chi connectivity index (χ4v) is 7.04. The molecule has 0 heterocycles. The van der Waals surface area contributed by atoms with E-state index in [2.05, 4.69) is 33.9 Å². The summed E-state index contributed by atoms with van der Waals surface area (Å²) in [7, 11) is 1.34. The highest BCUT2D eigenvalue weighted by Crippen LogP contribution is 2.57. The number of methoxy groups -OCH3 is 2. The molecule has 3 aliphatic rings. The van der Waals surface area contributed by atoms with E-state index in [-0.39, 0.29) is 17.1 Å². The lowest BCUT2D eigenvalue weighted by molar-refractivity contribution is -0.135. The number of hydrogen-bond acceptors (Lipinski definition) is 5. The van der Waals surface area contributed by atoms with Crippen LogP contribution in [0.5, 0.6) is 0 Å². The highest BCUT2D eigenvalue weighted by atomic mass is 28.4. The first kappa shape index (κ1) is 23.0. The zero-order valence-electron chi connectivity index (χ0n) is 19.3. The van der Waals surface area contributed by atoms with E-state index in [9.17, 15) is 4.79 Å². The predicted molar refractivity (Wildman–Crippen MR) is 116 cm³/mol. The Labute approximate surface area is 177 Å². The van der Waals surface area contributed by atoms with Crippen molar-refractivity contribution in [3.8, 4) is 0 Å². The van der Waals surface area contributed by atoms with E-state index in [1.807, 2.05) is 0 Å². The summed E-state index contributed by atoms with van der Waals surface area (Å²) >= 11 is 0. The standard InChI is InChI=1S/C23H40O5Si/c1-23(2,3)29(6,7)28-16-11-19-17-9-8-15(10-22(24)26-5)18(17)13-21(20(19)12-16)27-14-25-4/h10,16-21H,8-9,11-14H2,1-7H3/b15-10+/t16-,17+,18-,19-,20-,21-/m0/s1. The number of carbonyl (C=O) groups is 1. The van der Waals surface area contributed by atoms with E-state index in [1.165, 1.54) is 19.1 Å². The number of allylic oxidation sites excluding steroid dienone is 1. The van der Waals surface area contributed by atoms with Crippen LogP contribution in [-0.4, -0.2) is 47.5 Å². The maximum absolute atomic E-state index is 11.9. The molecule has 3 saturated carbocycles. The number of carbonyl (C=O) groups excluding carboxylic acids is 1. The summed E-state index contributed by atoms with van der Waals surface area (Å²) in [5.41, 5.74) is 1.25. The first-order valence-corrected chi connectivity index (χ1v) is 14.0. The molecule has 0 aliphatic heterocycles. The SMILES string of the molecule is COCO[C@H]1C[C@H]2/C(=C/C(=O)OC)CC[C@H]2[C@@H]2C[C@H](O[Si](C)(C)C(C)(C)C)C[C@@H]21. The van der Waals surface area contributed by atoms with Gasteiger partial charge >= 0.3 is 5.97 Å². The average Bonchev–Trinajstić information content (AvgIpc) is 3.22. The second-order valence-electron chi connectivity index (χ2n) is 10.7. The lowest BCUT2D eigenvalue weighted by atomic mass is 9.67. The summed E-state index contributed by atoms with van der Waals surface area (Å²) in [5, 5.41) is 0.221. The van der Waals surface area contributed by atoms with Crippen LogP contribution in [0.2, 0.25) is 18.1 Å². The van der Waals surface area contributed by atoms with Crippen LogP contribution in [0.1, 0.15) is 52.9 Å². The largest absolute Gasteiger partial charge is 0.466 e. The predicted octanol–water partition coefficient (Wildman–Crippen LogP) is 4.92. The molecule has 0 bridgehead atoms. The van der Waals surface area contributed by atoms with Crippen molar-refractivity contribution in [1.29, 1.82) is 0 Å². The van der Waals surface area contributed by atoms with Gasteiger partial charge in [-0.25, -0.2) is 4.79 Å². The van der Waals surface area contributed by atoms with Gasteiger partial charge in [0, 0.05) is 19.3 Å². The second-order valence-corrected chi connectivity index (χ2v) is 15.5. The Balaban J connectivity index is 1.79. The Morgan fingerprint density at radius 3 is 2.41 bits per heavy atom. The summed E-state index contributed by atoms with van der Waals surface area (Å²) in [6, 6.07) is 0. The van der Waals surface area contributed by atoms with Crippen LogP contribution in [-0.2, 0) is 23.4 Å². The summed E-state index contributed by atoms with van der Waals surface area (Å²) in [4.78, 5) is 11.9. The van der Waals surface area contributed by atoms with Gasteiger partial charge in [-0.15, -0.1) is 0 Å². The topological polar surface area (TPSA) is 54.0 Å². The van der Waals surface area contributed by atoms with Crippen LogP contribution in [0, 0.1) is 23.7 Å². The first-order valence-electron chi connectivity index (χ1n) is 11.1. The molecule has 166 valence electrons. The smallest absolute Gasteiger partial charge is 0.330 e. The molecule has 6 atom stereocenters. The summed E-state index contributed by atoms with van der Waals surface area (Å²) < 4.78 is 23.1. The van der Waals surface area contributed by atoms with Gasteiger partial charge in [0.05, 0.1) is 13.2 Å². The second kappa shape index (κ2) is 8.81. The van der Waals surface area contributed by atoms with Crippen LogP contribution < -0.4 is 0 Å². The maximum atomic E-state index is 11.9. The van der Waals surface area contributed by atoms with Crippen LogP contribution in [0.3, 0.4) is 0 Å². The van der Waals surface area contributed by atoms with Gasteiger partial charge in [0.1, 0.15) is 6.79 Å². The van der Waals surface area contributed by atoms with Gasteiger partial charge in [-0.05, 0) is 73.9 Å². The third-order valence-corrected chi connectivity index (χ3v) is 12.6. The van der Waals surface area contributed by atoms with Gasteiger partial charge < -0.3 is 18.6 Å². The molecule has 0 radical (unpaired) electrons. The molecule has 3 rings (SSSR count). The Morgan fingerprint density at radius 2 is 1.79 bits per heavy atom. The first-order chi connectivity index (χ1) is 13.6. The van der Waals surface area contributed by atoms with Crippen molar-refractivity contribution in [2.75, 3.05) is 21.0 Å². The molecule has 0 spiro atoms. The van der Waals surface area contributed by atoms with Crippen molar-refractivity contribution in [2.24, 2.45) is 23.7 Å². The van der Waals surface area contributed by atoms with E-state index in [1.54, 1.807) is 13.2 Å². The van der Waals surface area contributed by atoms with Gasteiger partial charge in [-0.1, -0.05) is 26.3 Å². The molecule has 5 nitrogen and oxygen atoms in total.